The first-order valence-electron chi connectivity index (χ1n) is 3.80. The summed E-state index contributed by atoms with van der Waals surface area (Å²) in [7, 11) is 0. The summed E-state index contributed by atoms with van der Waals surface area (Å²) in [4.78, 5) is 14.9. The number of fused-ring (bicyclic) bond motifs is 1. The molecule has 64 valence electrons. The largest absolute Gasteiger partial charge is 0.369 e. The average Bonchev–Trinajstić information content (AvgIpc) is 2.47. The molecule has 1 saturated heterocycles. The first-order chi connectivity index (χ1) is 5.79. The van der Waals surface area contributed by atoms with E-state index in [1.807, 2.05) is 5.01 Å². The van der Waals surface area contributed by atoms with E-state index in [9.17, 15) is 4.79 Å². The predicted molar refractivity (Wildman–Crippen MR) is 43.9 cm³/mol. The molecule has 0 bridgehead atoms. The maximum atomic E-state index is 10.9. The molecule has 12 heavy (non-hydrogen) atoms. The molecule has 2 unspecified atom stereocenters. The van der Waals surface area contributed by atoms with E-state index < -0.39 is 0 Å². The Morgan fingerprint density at radius 2 is 2.58 bits per heavy atom. The average molecular weight is 166 g/mol. The van der Waals surface area contributed by atoms with E-state index in [2.05, 4.69) is 10.4 Å². The quantitative estimate of drug-likeness (QED) is 0.515. The van der Waals surface area contributed by atoms with Crippen LogP contribution in [0.2, 0.25) is 0 Å². The van der Waals surface area contributed by atoms with E-state index in [0.29, 0.717) is 6.54 Å². The molecule has 0 aromatic rings. The zero-order valence-electron chi connectivity index (χ0n) is 6.47. The van der Waals surface area contributed by atoms with E-state index in [1.165, 1.54) is 0 Å². The Balaban J connectivity index is 2.18. The van der Waals surface area contributed by atoms with Gasteiger partial charge in [-0.15, -0.1) is 0 Å². The number of hydrazine groups is 1. The zero-order valence-corrected chi connectivity index (χ0v) is 6.47. The lowest BCUT2D eigenvalue weighted by molar-refractivity contribution is -0.121. The normalized spacial score (nSPS) is 32.2. The molecule has 2 heterocycles. The molecule has 0 aromatic heterocycles. The van der Waals surface area contributed by atoms with Crippen molar-refractivity contribution in [2.24, 2.45) is 16.6 Å². The molecule has 0 saturated carbocycles. The van der Waals surface area contributed by atoms with Gasteiger partial charge in [0, 0.05) is 25.2 Å². The Morgan fingerprint density at radius 1 is 1.75 bits per heavy atom. The minimum absolute atomic E-state index is 0.00694. The Hall–Kier alpha value is -1.36. The summed E-state index contributed by atoms with van der Waals surface area (Å²) < 4.78 is 0. The molecule has 2 rings (SSSR count). The van der Waals surface area contributed by atoms with Crippen LogP contribution in [0.3, 0.4) is 0 Å². The highest BCUT2D eigenvalue weighted by molar-refractivity contribution is 5.84. The van der Waals surface area contributed by atoms with Gasteiger partial charge in [-0.2, -0.15) is 0 Å². The summed E-state index contributed by atoms with van der Waals surface area (Å²) >= 11 is 0. The maximum Gasteiger partial charge on any atom is 0.224 e. The van der Waals surface area contributed by atoms with Gasteiger partial charge >= 0.3 is 0 Å². The lowest BCUT2D eigenvalue weighted by atomic mass is 10.0. The molecule has 3 N–H and O–H groups in total. The number of amides is 1. The third-order valence-electron chi connectivity index (χ3n) is 2.14. The van der Waals surface area contributed by atoms with Crippen LogP contribution in [-0.4, -0.2) is 29.7 Å². The van der Waals surface area contributed by atoms with E-state index >= 15 is 0 Å². The van der Waals surface area contributed by atoms with Crippen molar-refractivity contribution in [1.82, 2.24) is 10.4 Å². The number of nitrogens with two attached hydrogens (primary N) is 1. The van der Waals surface area contributed by atoms with Crippen LogP contribution in [0.5, 0.6) is 0 Å². The van der Waals surface area contributed by atoms with Crippen LogP contribution < -0.4 is 11.2 Å². The molecule has 2 aliphatic heterocycles. The van der Waals surface area contributed by atoms with Gasteiger partial charge in [0.1, 0.15) is 0 Å². The fraction of sp³-hybridized carbons (Fsp3) is 0.429. The highest BCUT2D eigenvalue weighted by Crippen LogP contribution is 2.16. The molecule has 5 nitrogen and oxygen atoms in total. The summed E-state index contributed by atoms with van der Waals surface area (Å²) in [6.07, 6.45) is 5.20. The maximum absolute atomic E-state index is 10.9. The molecule has 0 spiro atoms. The van der Waals surface area contributed by atoms with Crippen molar-refractivity contribution in [2.75, 3.05) is 6.54 Å². The molecular weight excluding hydrogens is 156 g/mol. The van der Waals surface area contributed by atoms with Crippen molar-refractivity contribution in [2.45, 2.75) is 6.04 Å². The number of carbonyl (C=O) groups excluding carboxylic acids is 1. The number of nitrogens with zero attached hydrogens (tertiary/aromatic N) is 2. The Kier molecular flexibility index (Phi) is 1.58. The van der Waals surface area contributed by atoms with Gasteiger partial charge in [0.05, 0.1) is 12.0 Å². The molecule has 2 aliphatic rings. The van der Waals surface area contributed by atoms with Crippen molar-refractivity contribution in [3.05, 3.63) is 12.4 Å². The van der Waals surface area contributed by atoms with Crippen LogP contribution in [-0.2, 0) is 4.79 Å². The van der Waals surface area contributed by atoms with Crippen LogP contribution >= 0.6 is 0 Å². The zero-order chi connectivity index (χ0) is 8.55. The standard InChI is InChI=1S/C7H10N4O/c8-7(12)5-3-10-11-2-1-9-4-6(5)11/h1-2,4-6,10H,3H2,(H2,8,12). The third kappa shape index (κ3) is 0.984. The molecule has 0 aliphatic carbocycles. The van der Waals surface area contributed by atoms with Crippen molar-refractivity contribution in [3.63, 3.8) is 0 Å². The minimum atomic E-state index is -0.281. The van der Waals surface area contributed by atoms with Gasteiger partial charge in [-0.05, 0) is 0 Å². The summed E-state index contributed by atoms with van der Waals surface area (Å²) in [5, 5.41) is 1.85. The van der Waals surface area contributed by atoms with E-state index in [0.717, 1.165) is 0 Å². The first-order valence-corrected chi connectivity index (χ1v) is 3.80. The predicted octanol–water partition coefficient (Wildman–Crippen LogP) is -1.17. The highest BCUT2D eigenvalue weighted by Gasteiger charge is 2.35. The van der Waals surface area contributed by atoms with Crippen LogP contribution in [0.1, 0.15) is 0 Å². The monoisotopic (exact) mass is 166 g/mol. The smallest absolute Gasteiger partial charge is 0.224 e. The summed E-state index contributed by atoms with van der Waals surface area (Å²) in [6.45, 7) is 0.594. The van der Waals surface area contributed by atoms with Crippen LogP contribution in [0.4, 0.5) is 0 Å². The molecule has 0 radical (unpaired) electrons. The van der Waals surface area contributed by atoms with E-state index in [-0.39, 0.29) is 17.9 Å². The summed E-state index contributed by atoms with van der Waals surface area (Å²) in [5.74, 6) is -0.449. The molecule has 2 atom stereocenters. The van der Waals surface area contributed by atoms with Crippen LogP contribution in [0, 0.1) is 5.92 Å². The number of carbonyl (C=O) groups is 1. The lowest BCUT2D eigenvalue weighted by Gasteiger charge is -2.22. The van der Waals surface area contributed by atoms with Gasteiger partial charge in [0.2, 0.25) is 5.91 Å². The number of nitrogens with one attached hydrogen (secondary N) is 1. The number of primary amides is 1. The van der Waals surface area contributed by atoms with Crippen LogP contribution in [0.25, 0.3) is 0 Å². The van der Waals surface area contributed by atoms with Gasteiger partial charge in [-0.25, -0.2) is 5.43 Å². The SMILES string of the molecule is NC(=O)C1CNN2C=CN=CC12. The number of hydrogen-bond donors (Lipinski definition) is 2. The van der Waals surface area contributed by atoms with Gasteiger partial charge in [0.15, 0.2) is 0 Å². The second kappa shape index (κ2) is 2.60. The van der Waals surface area contributed by atoms with Gasteiger partial charge in [-0.3, -0.25) is 9.79 Å². The number of aliphatic imine (C=N–C) groups is 1. The second-order valence-corrected chi connectivity index (χ2v) is 2.87. The molecular formula is C7H10N4O. The van der Waals surface area contributed by atoms with Crippen molar-refractivity contribution >= 4 is 12.1 Å². The summed E-state index contributed by atoms with van der Waals surface area (Å²) in [6, 6.07) is -0.00694. The van der Waals surface area contributed by atoms with E-state index in [1.54, 1.807) is 18.6 Å². The highest BCUT2D eigenvalue weighted by atomic mass is 16.1. The van der Waals surface area contributed by atoms with Gasteiger partial charge < -0.3 is 10.7 Å². The lowest BCUT2D eigenvalue weighted by Crippen LogP contribution is -2.39. The van der Waals surface area contributed by atoms with Gasteiger partial charge in [0.25, 0.3) is 0 Å². The topological polar surface area (TPSA) is 70.7 Å². The fourth-order valence-corrected chi connectivity index (χ4v) is 1.47. The van der Waals surface area contributed by atoms with Crippen molar-refractivity contribution < 1.29 is 4.79 Å². The third-order valence-corrected chi connectivity index (χ3v) is 2.14. The number of hydrogen-bond acceptors (Lipinski definition) is 4. The Morgan fingerprint density at radius 3 is 3.33 bits per heavy atom. The van der Waals surface area contributed by atoms with Crippen molar-refractivity contribution in [1.29, 1.82) is 0 Å². The van der Waals surface area contributed by atoms with Crippen molar-refractivity contribution in [3.8, 4) is 0 Å². The molecule has 5 heteroatoms. The summed E-state index contributed by atoms with van der Waals surface area (Å²) in [5.41, 5.74) is 8.26. The van der Waals surface area contributed by atoms with Gasteiger partial charge in [-0.1, -0.05) is 0 Å². The Bertz CT molecular complexity index is 260. The molecule has 0 aromatic carbocycles. The van der Waals surface area contributed by atoms with Crippen LogP contribution in [0.15, 0.2) is 17.4 Å². The van der Waals surface area contributed by atoms with E-state index in [4.69, 9.17) is 5.73 Å². The fourth-order valence-electron chi connectivity index (χ4n) is 1.47. The second-order valence-electron chi connectivity index (χ2n) is 2.87. The number of rotatable bonds is 1. The molecule has 1 fully saturated rings. The first kappa shape index (κ1) is 7.30. The Labute approximate surface area is 69.9 Å². The molecule has 1 amide bonds. The minimum Gasteiger partial charge on any atom is -0.369 e.